The molecule has 0 unspecified atom stereocenters. The molecule has 1 saturated carbocycles. The SMILES string of the molecule is COc1ccc(F)cc1CN(C1CC1)S(=O)(=O)c1ccc(C#N)cc1. The van der Waals surface area contributed by atoms with Gasteiger partial charge in [-0.3, -0.25) is 0 Å². The molecule has 2 aromatic rings. The van der Waals surface area contributed by atoms with E-state index in [4.69, 9.17) is 10.00 Å². The van der Waals surface area contributed by atoms with Gasteiger partial charge in [0.05, 0.1) is 23.6 Å². The van der Waals surface area contributed by atoms with Gasteiger partial charge in [-0.2, -0.15) is 9.57 Å². The molecule has 130 valence electrons. The third-order valence-corrected chi connectivity index (χ3v) is 6.03. The lowest BCUT2D eigenvalue weighted by Crippen LogP contribution is -2.32. The van der Waals surface area contributed by atoms with E-state index in [-0.39, 0.29) is 17.5 Å². The van der Waals surface area contributed by atoms with Gasteiger partial charge in [0.15, 0.2) is 0 Å². The Kier molecular flexibility index (Phi) is 4.75. The molecule has 0 aromatic heterocycles. The third-order valence-electron chi connectivity index (χ3n) is 4.11. The van der Waals surface area contributed by atoms with Crippen LogP contribution >= 0.6 is 0 Å². The van der Waals surface area contributed by atoms with Crippen molar-refractivity contribution >= 4 is 10.0 Å². The summed E-state index contributed by atoms with van der Waals surface area (Å²) in [5.41, 5.74) is 0.871. The van der Waals surface area contributed by atoms with E-state index in [1.807, 2.05) is 6.07 Å². The van der Waals surface area contributed by atoms with Crippen LogP contribution in [0.5, 0.6) is 5.75 Å². The zero-order valence-electron chi connectivity index (χ0n) is 13.6. The highest BCUT2D eigenvalue weighted by atomic mass is 32.2. The summed E-state index contributed by atoms with van der Waals surface area (Å²) >= 11 is 0. The fraction of sp³-hybridized carbons (Fsp3) is 0.278. The molecular weight excluding hydrogens is 343 g/mol. The van der Waals surface area contributed by atoms with Crippen molar-refractivity contribution in [3.05, 3.63) is 59.4 Å². The Labute approximate surface area is 146 Å². The molecule has 0 radical (unpaired) electrons. The number of benzene rings is 2. The molecule has 7 heteroatoms. The highest BCUT2D eigenvalue weighted by molar-refractivity contribution is 7.89. The molecule has 0 amide bonds. The lowest BCUT2D eigenvalue weighted by Gasteiger charge is -2.23. The molecule has 5 nitrogen and oxygen atoms in total. The van der Waals surface area contributed by atoms with Crippen LogP contribution in [0.15, 0.2) is 47.4 Å². The van der Waals surface area contributed by atoms with Gasteiger partial charge in [-0.05, 0) is 55.3 Å². The monoisotopic (exact) mass is 360 g/mol. The second-order valence-corrected chi connectivity index (χ2v) is 7.76. The van der Waals surface area contributed by atoms with Gasteiger partial charge in [-0.1, -0.05) is 0 Å². The van der Waals surface area contributed by atoms with Crippen LogP contribution in [0.25, 0.3) is 0 Å². The minimum Gasteiger partial charge on any atom is -0.496 e. The van der Waals surface area contributed by atoms with Crippen molar-refractivity contribution in [2.75, 3.05) is 7.11 Å². The summed E-state index contributed by atoms with van der Waals surface area (Å²) in [6.45, 7) is 0.0356. The van der Waals surface area contributed by atoms with Crippen molar-refractivity contribution in [3.63, 3.8) is 0 Å². The van der Waals surface area contributed by atoms with E-state index in [2.05, 4.69) is 0 Å². The Morgan fingerprint density at radius 3 is 2.48 bits per heavy atom. The first-order chi connectivity index (χ1) is 12.0. The lowest BCUT2D eigenvalue weighted by molar-refractivity contribution is 0.373. The molecule has 0 bridgehead atoms. The largest absolute Gasteiger partial charge is 0.496 e. The predicted octanol–water partition coefficient (Wildman–Crippen LogP) is 3.06. The normalized spacial score (nSPS) is 14.3. The van der Waals surface area contributed by atoms with E-state index in [1.165, 1.54) is 53.9 Å². The molecule has 3 rings (SSSR count). The summed E-state index contributed by atoms with van der Waals surface area (Å²) in [7, 11) is -2.29. The van der Waals surface area contributed by atoms with Crippen LogP contribution in [-0.4, -0.2) is 25.9 Å². The molecule has 1 aliphatic carbocycles. The van der Waals surface area contributed by atoms with Gasteiger partial charge >= 0.3 is 0 Å². The summed E-state index contributed by atoms with van der Waals surface area (Å²) in [4.78, 5) is 0.119. The number of halogens is 1. The Morgan fingerprint density at radius 1 is 1.24 bits per heavy atom. The summed E-state index contributed by atoms with van der Waals surface area (Å²) in [6, 6.07) is 11.7. The second-order valence-electron chi connectivity index (χ2n) is 5.87. The first-order valence-corrected chi connectivity index (χ1v) is 9.24. The third kappa shape index (κ3) is 3.65. The number of nitrogens with zero attached hydrogens (tertiary/aromatic N) is 2. The average Bonchev–Trinajstić information content (AvgIpc) is 3.44. The Morgan fingerprint density at radius 2 is 1.92 bits per heavy atom. The Balaban J connectivity index is 1.96. The highest BCUT2D eigenvalue weighted by Crippen LogP contribution is 2.35. The van der Waals surface area contributed by atoms with E-state index >= 15 is 0 Å². The first kappa shape index (κ1) is 17.4. The molecule has 0 aliphatic heterocycles. The number of rotatable bonds is 6. The minimum atomic E-state index is -3.75. The van der Waals surface area contributed by atoms with Crippen molar-refractivity contribution in [1.29, 1.82) is 5.26 Å². The molecule has 2 aromatic carbocycles. The number of ether oxygens (including phenoxy) is 1. The van der Waals surface area contributed by atoms with Crippen LogP contribution in [0, 0.1) is 17.1 Å². The first-order valence-electron chi connectivity index (χ1n) is 7.80. The van der Waals surface area contributed by atoms with E-state index in [1.54, 1.807) is 0 Å². The van der Waals surface area contributed by atoms with Gasteiger partial charge in [0.1, 0.15) is 11.6 Å². The molecular formula is C18H17FN2O3S. The van der Waals surface area contributed by atoms with Crippen LogP contribution in [0.2, 0.25) is 0 Å². The number of sulfonamides is 1. The summed E-state index contributed by atoms with van der Waals surface area (Å²) in [6.07, 6.45) is 1.54. The molecule has 0 atom stereocenters. The van der Waals surface area contributed by atoms with Crippen molar-refractivity contribution in [3.8, 4) is 11.8 Å². The highest BCUT2D eigenvalue weighted by Gasteiger charge is 2.38. The number of hydrogen-bond donors (Lipinski definition) is 0. The van der Waals surface area contributed by atoms with Crippen molar-refractivity contribution < 1.29 is 17.5 Å². The maximum Gasteiger partial charge on any atom is 0.243 e. The van der Waals surface area contributed by atoms with Gasteiger partial charge in [0, 0.05) is 18.2 Å². The van der Waals surface area contributed by atoms with Crippen LogP contribution in [0.1, 0.15) is 24.0 Å². The zero-order valence-corrected chi connectivity index (χ0v) is 14.5. The molecule has 0 spiro atoms. The van der Waals surface area contributed by atoms with Gasteiger partial charge in [0.2, 0.25) is 10.0 Å². The predicted molar refractivity (Wildman–Crippen MR) is 89.9 cm³/mol. The Bertz CT molecular complexity index is 916. The van der Waals surface area contributed by atoms with Crippen LogP contribution < -0.4 is 4.74 Å². The van der Waals surface area contributed by atoms with Crippen LogP contribution in [0.4, 0.5) is 4.39 Å². The maximum absolute atomic E-state index is 13.6. The van der Waals surface area contributed by atoms with Gasteiger partial charge < -0.3 is 4.74 Å². The van der Waals surface area contributed by atoms with Crippen LogP contribution in [-0.2, 0) is 16.6 Å². The summed E-state index contributed by atoms with van der Waals surface area (Å²) < 4.78 is 46.2. The maximum atomic E-state index is 13.6. The second kappa shape index (κ2) is 6.82. The van der Waals surface area contributed by atoms with Gasteiger partial charge in [-0.25, -0.2) is 12.8 Å². The van der Waals surface area contributed by atoms with Crippen molar-refractivity contribution in [2.24, 2.45) is 0 Å². The topological polar surface area (TPSA) is 70.4 Å². The van der Waals surface area contributed by atoms with Crippen molar-refractivity contribution in [1.82, 2.24) is 4.31 Å². The smallest absolute Gasteiger partial charge is 0.243 e. The summed E-state index contributed by atoms with van der Waals surface area (Å²) in [5, 5.41) is 8.86. The zero-order chi connectivity index (χ0) is 18.0. The van der Waals surface area contributed by atoms with E-state index in [9.17, 15) is 12.8 Å². The van der Waals surface area contributed by atoms with Gasteiger partial charge in [0.25, 0.3) is 0 Å². The average molecular weight is 360 g/mol. The molecule has 0 heterocycles. The van der Waals surface area contributed by atoms with Crippen LogP contribution in [0.3, 0.4) is 0 Å². The fourth-order valence-electron chi connectivity index (χ4n) is 2.65. The van der Waals surface area contributed by atoms with E-state index < -0.39 is 15.8 Å². The Hall–Kier alpha value is -2.43. The molecule has 1 aliphatic rings. The van der Waals surface area contributed by atoms with Crippen molar-refractivity contribution in [2.45, 2.75) is 30.3 Å². The van der Waals surface area contributed by atoms with E-state index in [0.29, 0.717) is 16.9 Å². The standard InChI is InChI=1S/C18H17FN2O3S/c1-24-18-9-4-15(19)10-14(18)12-21(16-5-6-16)25(22,23)17-7-2-13(11-20)3-8-17/h2-4,7-10,16H,5-6,12H2,1H3. The number of nitriles is 1. The van der Waals surface area contributed by atoms with E-state index in [0.717, 1.165) is 12.8 Å². The molecule has 1 fully saturated rings. The molecule has 0 N–H and O–H groups in total. The fourth-order valence-corrected chi connectivity index (χ4v) is 4.31. The quantitative estimate of drug-likeness (QED) is 0.794. The lowest BCUT2D eigenvalue weighted by atomic mass is 10.2. The summed E-state index contributed by atoms with van der Waals surface area (Å²) in [5.74, 6) is 0.00407. The molecule has 25 heavy (non-hydrogen) atoms. The number of methoxy groups -OCH3 is 1. The number of hydrogen-bond acceptors (Lipinski definition) is 4. The minimum absolute atomic E-state index is 0.0356. The molecule has 0 saturated heterocycles. The van der Waals surface area contributed by atoms with Gasteiger partial charge in [-0.15, -0.1) is 0 Å².